The molecule has 2 aromatic rings. The lowest BCUT2D eigenvalue weighted by Crippen LogP contribution is -2.19. The minimum Gasteiger partial charge on any atom is -0.465 e. The number of hydrogen-bond acceptors (Lipinski definition) is 3. The Kier molecular flexibility index (Phi) is 3.30. The van der Waals surface area contributed by atoms with E-state index in [-0.39, 0.29) is 6.54 Å². The number of amides is 1. The molecular formula is C12H11N3O2. The van der Waals surface area contributed by atoms with Gasteiger partial charge in [0.1, 0.15) is 6.33 Å². The molecule has 0 saturated heterocycles. The van der Waals surface area contributed by atoms with E-state index in [2.05, 4.69) is 15.3 Å². The van der Waals surface area contributed by atoms with Crippen LogP contribution in [0.4, 0.5) is 4.79 Å². The van der Waals surface area contributed by atoms with Crippen LogP contribution >= 0.6 is 0 Å². The van der Waals surface area contributed by atoms with Crippen molar-refractivity contribution in [2.45, 2.75) is 6.54 Å². The number of hydrogen-bond donors (Lipinski definition) is 2. The van der Waals surface area contributed by atoms with Crippen molar-refractivity contribution >= 4 is 6.09 Å². The Morgan fingerprint density at radius 3 is 2.71 bits per heavy atom. The summed E-state index contributed by atoms with van der Waals surface area (Å²) in [6.07, 6.45) is 3.88. The van der Waals surface area contributed by atoms with Gasteiger partial charge in [0.15, 0.2) is 0 Å². The van der Waals surface area contributed by atoms with Crippen LogP contribution in [-0.2, 0) is 6.54 Å². The van der Waals surface area contributed by atoms with Gasteiger partial charge < -0.3 is 10.4 Å². The molecule has 0 aliphatic rings. The topological polar surface area (TPSA) is 75.1 Å². The van der Waals surface area contributed by atoms with E-state index < -0.39 is 6.09 Å². The Hall–Kier alpha value is -2.43. The van der Waals surface area contributed by atoms with Gasteiger partial charge in [-0.2, -0.15) is 0 Å². The second-order valence-corrected chi connectivity index (χ2v) is 3.49. The van der Waals surface area contributed by atoms with Crippen molar-refractivity contribution < 1.29 is 9.90 Å². The highest BCUT2D eigenvalue weighted by molar-refractivity contribution is 5.65. The van der Waals surface area contributed by atoms with Gasteiger partial charge in [0.2, 0.25) is 0 Å². The first-order chi connectivity index (χ1) is 8.25. The monoisotopic (exact) mass is 229 g/mol. The van der Waals surface area contributed by atoms with Gasteiger partial charge in [-0.25, -0.2) is 14.8 Å². The number of rotatable bonds is 3. The molecule has 0 saturated carbocycles. The second-order valence-electron chi connectivity index (χ2n) is 3.49. The van der Waals surface area contributed by atoms with Gasteiger partial charge in [0, 0.05) is 24.5 Å². The van der Waals surface area contributed by atoms with Crippen LogP contribution in [0, 0.1) is 0 Å². The van der Waals surface area contributed by atoms with Crippen LogP contribution in [0.1, 0.15) is 5.56 Å². The first-order valence-electron chi connectivity index (χ1n) is 5.07. The summed E-state index contributed by atoms with van der Waals surface area (Å²) in [5, 5.41) is 10.9. The molecule has 0 spiro atoms. The average Bonchev–Trinajstić information content (AvgIpc) is 2.38. The van der Waals surface area contributed by atoms with Crippen LogP contribution in [0.3, 0.4) is 0 Å². The summed E-state index contributed by atoms with van der Waals surface area (Å²) in [5.74, 6) is 0. The number of aromatic nitrogens is 2. The lowest BCUT2D eigenvalue weighted by Gasteiger charge is -2.04. The summed E-state index contributed by atoms with van der Waals surface area (Å²) in [6, 6.07) is 7.59. The molecule has 1 amide bonds. The Balaban J connectivity index is 2.20. The number of carboxylic acid groups (broad SMARTS) is 1. The van der Waals surface area contributed by atoms with Crippen molar-refractivity contribution in [2.24, 2.45) is 0 Å². The molecule has 1 aromatic carbocycles. The molecular weight excluding hydrogens is 218 g/mol. The largest absolute Gasteiger partial charge is 0.465 e. The number of nitrogens with zero attached hydrogens (tertiary/aromatic N) is 2. The summed E-state index contributed by atoms with van der Waals surface area (Å²) in [5.41, 5.74) is 2.77. The maximum absolute atomic E-state index is 10.4. The fourth-order valence-electron chi connectivity index (χ4n) is 1.49. The number of nitrogens with one attached hydrogen (secondary N) is 1. The van der Waals surface area contributed by atoms with Gasteiger partial charge in [-0.3, -0.25) is 0 Å². The minimum atomic E-state index is -1.03. The summed E-state index contributed by atoms with van der Waals surface area (Å²) >= 11 is 0. The first kappa shape index (κ1) is 11.1. The van der Waals surface area contributed by atoms with Gasteiger partial charge in [-0.1, -0.05) is 18.2 Å². The third-order valence-corrected chi connectivity index (χ3v) is 2.26. The Morgan fingerprint density at radius 1 is 1.24 bits per heavy atom. The van der Waals surface area contributed by atoms with Gasteiger partial charge in [-0.05, 0) is 17.2 Å². The highest BCUT2D eigenvalue weighted by Gasteiger charge is 2.01. The third-order valence-electron chi connectivity index (χ3n) is 2.26. The molecule has 0 bridgehead atoms. The predicted octanol–water partition coefficient (Wildman–Crippen LogP) is 1.91. The first-order valence-corrected chi connectivity index (χ1v) is 5.07. The van der Waals surface area contributed by atoms with E-state index in [4.69, 9.17) is 5.11 Å². The van der Waals surface area contributed by atoms with Crippen LogP contribution in [0.2, 0.25) is 0 Å². The standard InChI is InChI=1S/C12H11N3O2/c16-12(17)15-5-9-2-1-3-10(4-9)11-6-13-8-14-7-11/h1-4,6-8,15H,5H2,(H,16,17). The molecule has 0 aliphatic carbocycles. The van der Waals surface area contributed by atoms with Gasteiger partial charge in [0.25, 0.3) is 0 Å². The number of carbonyl (C=O) groups is 1. The van der Waals surface area contributed by atoms with E-state index in [0.717, 1.165) is 16.7 Å². The zero-order valence-electron chi connectivity index (χ0n) is 9.00. The molecule has 0 unspecified atom stereocenters. The molecule has 0 atom stereocenters. The highest BCUT2D eigenvalue weighted by Crippen LogP contribution is 2.18. The lowest BCUT2D eigenvalue weighted by atomic mass is 10.1. The zero-order chi connectivity index (χ0) is 12.1. The van der Waals surface area contributed by atoms with Crippen molar-refractivity contribution in [3.8, 4) is 11.1 Å². The van der Waals surface area contributed by atoms with Gasteiger partial charge in [0.05, 0.1) is 0 Å². The lowest BCUT2D eigenvalue weighted by molar-refractivity contribution is 0.194. The van der Waals surface area contributed by atoms with Crippen LogP contribution in [0.15, 0.2) is 43.0 Å². The summed E-state index contributed by atoms with van der Waals surface area (Å²) < 4.78 is 0. The van der Waals surface area contributed by atoms with E-state index in [0.29, 0.717) is 0 Å². The Morgan fingerprint density at radius 2 is 2.00 bits per heavy atom. The van der Waals surface area contributed by atoms with E-state index in [1.54, 1.807) is 12.4 Å². The average molecular weight is 229 g/mol. The van der Waals surface area contributed by atoms with Gasteiger partial charge >= 0.3 is 6.09 Å². The molecule has 2 N–H and O–H groups in total. The Bertz CT molecular complexity index is 514. The quantitative estimate of drug-likeness (QED) is 0.843. The highest BCUT2D eigenvalue weighted by atomic mass is 16.4. The van der Waals surface area contributed by atoms with E-state index in [1.165, 1.54) is 6.33 Å². The van der Waals surface area contributed by atoms with Crippen LogP contribution in [0.5, 0.6) is 0 Å². The third kappa shape index (κ3) is 3.01. The van der Waals surface area contributed by atoms with Crippen LogP contribution < -0.4 is 5.32 Å². The van der Waals surface area contributed by atoms with Crippen LogP contribution in [-0.4, -0.2) is 21.2 Å². The summed E-state index contributed by atoms with van der Waals surface area (Å²) in [4.78, 5) is 18.3. The second kappa shape index (κ2) is 5.07. The van der Waals surface area contributed by atoms with Crippen molar-refractivity contribution in [3.63, 3.8) is 0 Å². The van der Waals surface area contributed by atoms with Crippen LogP contribution in [0.25, 0.3) is 11.1 Å². The van der Waals surface area contributed by atoms with Crippen molar-refractivity contribution in [1.29, 1.82) is 0 Å². The predicted molar refractivity (Wildman–Crippen MR) is 62.3 cm³/mol. The number of benzene rings is 1. The van der Waals surface area contributed by atoms with Gasteiger partial charge in [-0.15, -0.1) is 0 Å². The van der Waals surface area contributed by atoms with E-state index in [9.17, 15) is 4.79 Å². The molecule has 1 heterocycles. The van der Waals surface area contributed by atoms with Crippen molar-refractivity contribution in [2.75, 3.05) is 0 Å². The summed E-state index contributed by atoms with van der Waals surface area (Å²) in [7, 11) is 0. The molecule has 86 valence electrons. The molecule has 5 nitrogen and oxygen atoms in total. The molecule has 0 aliphatic heterocycles. The Labute approximate surface area is 98.2 Å². The molecule has 5 heteroatoms. The SMILES string of the molecule is O=C(O)NCc1cccc(-c2cncnc2)c1. The normalized spacial score (nSPS) is 9.88. The zero-order valence-corrected chi connectivity index (χ0v) is 9.00. The fourth-order valence-corrected chi connectivity index (χ4v) is 1.49. The molecule has 0 radical (unpaired) electrons. The molecule has 0 fully saturated rings. The fraction of sp³-hybridized carbons (Fsp3) is 0.0833. The van der Waals surface area contributed by atoms with Crippen molar-refractivity contribution in [3.05, 3.63) is 48.5 Å². The smallest absolute Gasteiger partial charge is 0.404 e. The van der Waals surface area contributed by atoms with Crippen molar-refractivity contribution in [1.82, 2.24) is 15.3 Å². The molecule has 2 rings (SSSR count). The summed E-state index contributed by atoms with van der Waals surface area (Å²) in [6.45, 7) is 0.289. The van der Waals surface area contributed by atoms with E-state index >= 15 is 0 Å². The molecule has 17 heavy (non-hydrogen) atoms. The maximum atomic E-state index is 10.4. The maximum Gasteiger partial charge on any atom is 0.404 e. The molecule has 1 aromatic heterocycles. The van der Waals surface area contributed by atoms with E-state index in [1.807, 2.05) is 24.3 Å². The minimum absolute atomic E-state index is 0.289.